The van der Waals surface area contributed by atoms with Crippen molar-refractivity contribution in [3.8, 4) is 0 Å². The second-order valence-corrected chi connectivity index (χ2v) is 6.64. The van der Waals surface area contributed by atoms with Crippen LogP contribution in [0.25, 0.3) is 0 Å². The number of carboxylic acids is 1. The number of rotatable bonds is 4. The summed E-state index contributed by atoms with van der Waals surface area (Å²) in [7, 11) is -3.31. The van der Waals surface area contributed by atoms with Crippen molar-refractivity contribution in [1.29, 1.82) is 0 Å². The highest BCUT2D eigenvalue weighted by atomic mass is 32.2. The van der Waals surface area contributed by atoms with Gasteiger partial charge in [-0.2, -0.15) is 0 Å². The van der Waals surface area contributed by atoms with E-state index in [1.165, 1.54) is 4.90 Å². The van der Waals surface area contributed by atoms with Crippen LogP contribution < -0.4 is 0 Å². The van der Waals surface area contributed by atoms with Gasteiger partial charge in [-0.25, -0.2) is 8.42 Å². The highest BCUT2D eigenvalue weighted by Crippen LogP contribution is 2.07. The maximum Gasteiger partial charge on any atom is 0.320 e. The molecule has 1 aliphatic heterocycles. The van der Waals surface area contributed by atoms with Crippen LogP contribution in [0.1, 0.15) is 6.92 Å². The zero-order valence-corrected chi connectivity index (χ0v) is 11.3. The van der Waals surface area contributed by atoms with Gasteiger partial charge in [0.15, 0.2) is 9.84 Å². The molecule has 0 aromatic rings. The number of aliphatic carboxylic acids is 1. The van der Waals surface area contributed by atoms with E-state index in [0.29, 0.717) is 26.2 Å². The lowest BCUT2D eigenvalue weighted by atomic mass is 10.2. The van der Waals surface area contributed by atoms with Crippen molar-refractivity contribution >= 4 is 21.7 Å². The summed E-state index contributed by atoms with van der Waals surface area (Å²) in [6, 6.07) is -0.586. The summed E-state index contributed by atoms with van der Waals surface area (Å²) in [4.78, 5) is 25.7. The largest absolute Gasteiger partial charge is 0.480 e. The summed E-state index contributed by atoms with van der Waals surface area (Å²) >= 11 is 0. The topological polar surface area (TPSA) is 95.0 Å². The predicted octanol–water partition coefficient (Wildman–Crippen LogP) is -1.35. The van der Waals surface area contributed by atoms with Crippen LogP contribution in [0.4, 0.5) is 0 Å². The van der Waals surface area contributed by atoms with Crippen LogP contribution in [0.15, 0.2) is 0 Å². The predicted molar refractivity (Wildman–Crippen MR) is 65.0 cm³/mol. The van der Waals surface area contributed by atoms with Crippen molar-refractivity contribution in [3.05, 3.63) is 0 Å². The molecule has 1 unspecified atom stereocenters. The highest BCUT2D eigenvalue weighted by molar-refractivity contribution is 7.91. The maximum atomic E-state index is 11.6. The molecule has 1 amide bonds. The molecule has 0 aromatic carbocycles. The van der Waals surface area contributed by atoms with E-state index in [1.54, 1.807) is 11.8 Å². The summed E-state index contributed by atoms with van der Waals surface area (Å²) < 4.78 is 22.0. The Hall–Kier alpha value is -1.15. The van der Waals surface area contributed by atoms with E-state index in [0.717, 1.165) is 6.26 Å². The van der Waals surface area contributed by atoms with Gasteiger partial charge in [0.25, 0.3) is 0 Å². The molecule has 1 rings (SSSR count). The number of nitrogens with zero attached hydrogens (tertiary/aromatic N) is 2. The number of carboxylic acid groups (broad SMARTS) is 1. The zero-order chi connectivity index (χ0) is 13.9. The van der Waals surface area contributed by atoms with Crippen LogP contribution in [0.2, 0.25) is 0 Å². The number of amides is 1. The monoisotopic (exact) mass is 278 g/mol. The van der Waals surface area contributed by atoms with Crippen LogP contribution >= 0.6 is 0 Å². The van der Waals surface area contributed by atoms with Crippen molar-refractivity contribution < 1.29 is 23.1 Å². The van der Waals surface area contributed by atoms with Gasteiger partial charge < -0.3 is 10.0 Å². The molecule has 1 aliphatic rings. The van der Waals surface area contributed by atoms with Crippen LogP contribution in [-0.2, 0) is 19.4 Å². The lowest BCUT2D eigenvalue weighted by Crippen LogP contribution is -2.53. The third-order valence-corrected chi connectivity index (χ3v) is 3.73. The molecular weight excluding hydrogens is 260 g/mol. The van der Waals surface area contributed by atoms with E-state index < -0.39 is 33.5 Å². The number of piperazine rings is 1. The van der Waals surface area contributed by atoms with Gasteiger partial charge in [0.2, 0.25) is 5.91 Å². The van der Waals surface area contributed by atoms with Crippen LogP contribution in [-0.4, -0.2) is 79.4 Å². The fraction of sp³-hybridized carbons (Fsp3) is 0.800. The van der Waals surface area contributed by atoms with Crippen molar-refractivity contribution in [3.63, 3.8) is 0 Å². The Kier molecular flexibility index (Phi) is 4.69. The second kappa shape index (κ2) is 5.66. The average Bonchev–Trinajstić information content (AvgIpc) is 2.26. The van der Waals surface area contributed by atoms with Crippen LogP contribution in [0.3, 0.4) is 0 Å². The summed E-state index contributed by atoms with van der Waals surface area (Å²) in [5.74, 6) is -1.80. The smallest absolute Gasteiger partial charge is 0.320 e. The number of hydrogen-bond acceptors (Lipinski definition) is 5. The Morgan fingerprint density at radius 3 is 2.11 bits per heavy atom. The summed E-state index contributed by atoms with van der Waals surface area (Å²) in [5, 5.41) is 8.86. The SMILES string of the molecule is CC(C(=O)O)N1CCN(C(=O)CS(C)(=O)=O)CC1. The van der Waals surface area contributed by atoms with Crippen LogP contribution in [0, 0.1) is 0 Å². The Morgan fingerprint density at radius 1 is 1.22 bits per heavy atom. The van der Waals surface area contributed by atoms with E-state index in [4.69, 9.17) is 5.11 Å². The molecule has 1 atom stereocenters. The lowest BCUT2D eigenvalue weighted by Gasteiger charge is -2.36. The molecule has 0 aliphatic carbocycles. The quantitative estimate of drug-likeness (QED) is 0.683. The summed E-state index contributed by atoms with van der Waals surface area (Å²) in [6.45, 7) is 3.22. The molecule has 8 heteroatoms. The van der Waals surface area contributed by atoms with Crippen molar-refractivity contribution in [2.75, 3.05) is 38.2 Å². The molecule has 0 aromatic heterocycles. The molecule has 0 saturated carbocycles. The third kappa shape index (κ3) is 4.26. The molecule has 1 heterocycles. The molecule has 1 saturated heterocycles. The average molecular weight is 278 g/mol. The molecule has 0 radical (unpaired) electrons. The number of hydrogen-bond donors (Lipinski definition) is 1. The Morgan fingerprint density at radius 2 is 1.72 bits per heavy atom. The highest BCUT2D eigenvalue weighted by Gasteiger charge is 2.28. The Balaban J connectivity index is 2.49. The molecule has 0 spiro atoms. The number of carbonyl (C=O) groups excluding carboxylic acids is 1. The Bertz CT molecular complexity index is 426. The van der Waals surface area contributed by atoms with E-state index >= 15 is 0 Å². The molecule has 7 nitrogen and oxygen atoms in total. The van der Waals surface area contributed by atoms with Gasteiger partial charge in [0.05, 0.1) is 0 Å². The van der Waals surface area contributed by atoms with Gasteiger partial charge in [0, 0.05) is 32.4 Å². The van der Waals surface area contributed by atoms with Crippen LogP contribution in [0.5, 0.6) is 0 Å². The first-order valence-electron chi connectivity index (χ1n) is 5.63. The van der Waals surface area contributed by atoms with Gasteiger partial charge in [-0.15, -0.1) is 0 Å². The Labute approximate surface area is 106 Å². The number of sulfone groups is 1. The van der Waals surface area contributed by atoms with Crippen molar-refractivity contribution in [2.45, 2.75) is 13.0 Å². The summed E-state index contributed by atoms with van der Waals surface area (Å²) in [6.07, 6.45) is 1.02. The minimum atomic E-state index is -3.31. The fourth-order valence-electron chi connectivity index (χ4n) is 1.83. The molecule has 1 N–H and O–H groups in total. The first-order chi connectivity index (χ1) is 8.20. The fourth-order valence-corrected chi connectivity index (χ4v) is 2.46. The molecule has 104 valence electrons. The van der Waals surface area contributed by atoms with E-state index in [1.807, 2.05) is 0 Å². The minimum absolute atomic E-state index is 0.367. The molecule has 1 fully saturated rings. The molecule has 0 bridgehead atoms. The number of carbonyl (C=O) groups is 2. The lowest BCUT2D eigenvalue weighted by molar-refractivity contribution is -0.143. The molecule has 18 heavy (non-hydrogen) atoms. The van der Waals surface area contributed by atoms with Gasteiger partial charge >= 0.3 is 5.97 Å². The van der Waals surface area contributed by atoms with E-state index in [-0.39, 0.29) is 0 Å². The van der Waals surface area contributed by atoms with E-state index in [2.05, 4.69) is 0 Å². The maximum absolute atomic E-state index is 11.6. The normalized spacial score (nSPS) is 19.6. The second-order valence-electron chi connectivity index (χ2n) is 4.50. The zero-order valence-electron chi connectivity index (χ0n) is 10.5. The summed E-state index contributed by atoms with van der Waals surface area (Å²) in [5.41, 5.74) is 0. The van der Waals surface area contributed by atoms with Gasteiger partial charge in [0.1, 0.15) is 11.8 Å². The van der Waals surface area contributed by atoms with Gasteiger partial charge in [-0.05, 0) is 6.92 Å². The van der Waals surface area contributed by atoms with Gasteiger partial charge in [-0.3, -0.25) is 14.5 Å². The first-order valence-corrected chi connectivity index (χ1v) is 7.69. The third-order valence-electron chi connectivity index (χ3n) is 2.96. The van der Waals surface area contributed by atoms with Crippen molar-refractivity contribution in [1.82, 2.24) is 9.80 Å². The standard InChI is InChI=1S/C10H18N2O5S/c1-8(10(14)15)11-3-5-12(6-4-11)9(13)7-18(2,16)17/h8H,3-7H2,1-2H3,(H,14,15). The van der Waals surface area contributed by atoms with Gasteiger partial charge in [-0.1, -0.05) is 0 Å². The van der Waals surface area contributed by atoms with E-state index in [9.17, 15) is 18.0 Å². The minimum Gasteiger partial charge on any atom is -0.480 e. The van der Waals surface area contributed by atoms with Crippen molar-refractivity contribution in [2.24, 2.45) is 0 Å². The first kappa shape index (κ1) is 14.9. The molecular formula is C10H18N2O5S.